The van der Waals surface area contributed by atoms with Crippen molar-refractivity contribution in [3.05, 3.63) is 108 Å². The number of benzene rings is 3. The number of rotatable bonds is 24. The van der Waals surface area contributed by atoms with Crippen LogP contribution >= 0.6 is 0 Å². The van der Waals surface area contributed by atoms with Gasteiger partial charge in [0.15, 0.2) is 0 Å². The Morgan fingerprint density at radius 2 is 0.710 bits per heavy atom. The van der Waals surface area contributed by atoms with Crippen LogP contribution in [-0.2, 0) is 66.8 Å². The van der Waals surface area contributed by atoms with Gasteiger partial charge in [0.25, 0.3) is 0 Å². The van der Waals surface area contributed by atoms with Crippen molar-refractivity contribution >= 4 is 42.3 Å². The first-order valence-corrected chi connectivity index (χ1v) is 49.9. The highest BCUT2D eigenvalue weighted by molar-refractivity contribution is 5.72. The second-order valence-electron chi connectivity index (χ2n) is 40.8. The number of hydrogen-bond acceptors (Lipinski definition) is 14. The summed E-state index contributed by atoms with van der Waals surface area (Å²) in [5, 5.41) is 0. The maximum Gasteiger partial charge on any atom is 0.410 e. The van der Waals surface area contributed by atoms with Crippen molar-refractivity contribution < 1.29 is 66.7 Å². The maximum atomic E-state index is 12.5. The molecule has 7 aliphatic carbocycles. The first-order valence-electron chi connectivity index (χ1n) is 49.9. The van der Waals surface area contributed by atoms with Gasteiger partial charge in [-0.05, 0) is 352 Å². The average molecular weight is 1730 g/mol. The summed E-state index contributed by atoms with van der Waals surface area (Å²) >= 11 is 0. The molecule has 11 fully saturated rings. The van der Waals surface area contributed by atoms with Crippen LogP contribution in [0.25, 0.3) is 0 Å². The van der Waals surface area contributed by atoms with E-state index in [9.17, 15) is 33.6 Å². The molecule has 3 aromatic rings. The fourth-order valence-electron chi connectivity index (χ4n) is 20.2. The van der Waals surface area contributed by atoms with E-state index in [-0.39, 0.29) is 81.5 Å². The van der Waals surface area contributed by atoms with Gasteiger partial charge in [-0.15, -0.1) is 0 Å². The molecule has 0 atom stereocenters. The molecule has 4 heterocycles. The Hall–Kier alpha value is -6.85. The van der Waals surface area contributed by atoms with Gasteiger partial charge >= 0.3 is 42.3 Å². The van der Waals surface area contributed by atoms with Crippen molar-refractivity contribution in [2.24, 2.45) is 35.5 Å². The van der Waals surface area contributed by atoms with Gasteiger partial charge in [0.1, 0.15) is 39.2 Å². The van der Waals surface area contributed by atoms with E-state index in [2.05, 4.69) is 98.7 Å². The number of piperidine rings is 4. The molecule has 18 nitrogen and oxygen atoms in total. The quantitative estimate of drug-likeness (QED) is 0.0606. The highest BCUT2D eigenvalue weighted by Crippen LogP contribution is 2.60. The van der Waals surface area contributed by atoms with Crippen LogP contribution in [0, 0.1) is 35.5 Å². The van der Waals surface area contributed by atoms with Crippen LogP contribution in [0.5, 0.6) is 0 Å². The molecule has 4 saturated heterocycles. The zero-order valence-electron chi connectivity index (χ0n) is 80.6. The number of hydrogen-bond donors (Lipinski definition) is 0. The second kappa shape index (κ2) is 53.2. The molecule has 124 heavy (non-hydrogen) atoms. The van der Waals surface area contributed by atoms with Crippen LogP contribution in [0.3, 0.4) is 0 Å². The number of ether oxygens (including phenoxy) is 7. The van der Waals surface area contributed by atoms with Crippen molar-refractivity contribution in [2.75, 3.05) is 52.4 Å². The molecule has 0 spiro atoms. The normalized spacial score (nSPS) is 22.3. The predicted octanol–water partition coefficient (Wildman–Crippen LogP) is 26.7. The summed E-state index contributed by atoms with van der Waals surface area (Å²) in [5.74, 6) is 3.93. The Morgan fingerprint density at radius 3 is 1.08 bits per heavy atom. The second-order valence-corrected chi connectivity index (χ2v) is 40.8. The minimum absolute atomic E-state index is 0.0125. The zero-order chi connectivity index (χ0) is 90.1. The molecule has 0 radical (unpaired) electrons. The molecule has 14 rings (SSSR count). The third-order valence-corrected chi connectivity index (χ3v) is 28.7. The molecule has 11 aliphatic rings. The van der Waals surface area contributed by atoms with Gasteiger partial charge in [0, 0.05) is 71.6 Å². The monoisotopic (exact) mass is 1730 g/mol. The molecule has 4 amide bonds. The van der Waals surface area contributed by atoms with Crippen LogP contribution in [0.2, 0.25) is 0 Å². The van der Waals surface area contributed by atoms with Crippen molar-refractivity contribution in [3.63, 3.8) is 0 Å². The third kappa shape index (κ3) is 36.7. The Kier molecular flexibility index (Phi) is 44.7. The van der Waals surface area contributed by atoms with Crippen LogP contribution < -0.4 is 0 Å². The van der Waals surface area contributed by atoms with Crippen LogP contribution in [0.4, 0.5) is 19.2 Å². The molecular weight excluding hydrogens is 1550 g/mol. The lowest BCUT2D eigenvalue weighted by Crippen LogP contribution is -2.59. The van der Waals surface area contributed by atoms with Crippen LogP contribution in [-0.4, -0.2) is 153 Å². The number of nitrogens with zero attached hydrogens (tertiary/aromatic N) is 4. The Labute approximate surface area is 752 Å². The standard InChI is InChI=1S/2C19H28O2.C17H27NO2.C15H22O2.C13H23NO2.C13H25NO2.C10H19NO2/c1-16(2)19(14-7-4-8-15-19)21-18(20)13-9-12-17-10-5-3-6-11-17;1-19(2,17-13-7-4-8-14-17)21-18(20)15-9-12-16-10-5-3-6-11-16;1-17(20-16(19)18-5-3-2-4-6-18)14-8-12-7-13(10-14)11-15(17)9-12;1-4-15(2,3)17-14(16)12-8-11-13-9-6-5-7-10-13;1-13(8-4-2-5-9-13)16-12(15)14-10-6-3-7-11-14;1-4-13(5-2,6-3)16-12(15)14-10-8-7-9-11-14;1-10(2,3)13-9(12)11-7-5-4-6-8-11/h3,5-6,10-11,16H,4,7-9,12-15H2,1-2H3;3,5-6,10-11,17H,4,7-9,12-15H2,1-2H3;12-15H,2-11H2,1H3;5-7,9-10H,4,8,11-12H2,1-3H3;2-11H2,1H3;4-11H2,1-3H3;4-8H2,1-3H3. The number of aryl methyl sites for hydroxylation is 3. The number of esters is 3. The van der Waals surface area contributed by atoms with E-state index in [1.165, 1.54) is 145 Å². The minimum Gasteiger partial charge on any atom is -0.460 e. The predicted molar refractivity (Wildman–Crippen MR) is 500 cm³/mol. The van der Waals surface area contributed by atoms with E-state index >= 15 is 0 Å². The molecular formula is C106H172N4O14. The molecule has 7 saturated carbocycles. The first-order chi connectivity index (χ1) is 59.2. The molecule has 0 unspecified atom stereocenters. The SMILES string of the molecule is CC(C)(C)OC(=O)N1CCCCC1.CC(C)(OC(=O)CCCc1ccccc1)C1CCCCC1.CC(C)C1(OC(=O)CCCc2ccccc2)CCCCC1.CC1(OC(=O)N2CCCCC2)C2CC3CC(C2)CC1C3.CC1(OC(=O)N2CCCCC2)CCCCC1.CCC(C)(C)OC(=O)CCCc1ccccc1.CCC(CC)(CC)OC(=O)N1CCCCC1. The molecule has 18 heteroatoms. The smallest absolute Gasteiger partial charge is 0.410 e. The van der Waals surface area contributed by atoms with Crippen LogP contribution in [0.1, 0.15) is 390 Å². The Balaban J connectivity index is 0.000000200. The van der Waals surface area contributed by atoms with E-state index in [1.54, 1.807) is 4.90 Å². The zero-order valence-corrected chi connectivity index (χ0v) is 80.6. The number of amides is 4. The largest absolute Gasteiger partial charge is 0.460 e. The number of carbonyl (C=O) groups is 7. The molecule has 0 N–H and O–H groups in total. The van der Waals surface area contributed by atoms with Gasteiger partial charge in [-0.1, -0.05) is 165 Å². The van der Waals surface area contributed by atoms with Crippen molar-refractivity contribution in [2.45, 2.75) is 432 Å². The number of likely N-dealkylation sites (tertiary alicyclic amines) is 4. The van der Waals surface area contributed by atoms with Gasteiger partial charge < -0.3 is 52.8 Å². The van der Waals surface area contributed by atoms with E-state index in [4.69, 9.17) is 33.2 Å². The topological polar surface area (TPSA) is 197 Å². The third-order valence-electron chi connectivity index (χ3n) is 28.7. The van der Waals surface area contributed by atoms with E-state index in [0.29, 0.717) is 42.9 Å². The highest BCUT2D eigenvalue weighted by Gasteiger charge is 2.57. The Bertz CT molecular complexity index is 3480. The van der Waals surface area contributed by atoms with E-state index in [0.717, 1.165) is 205 Å². The first kappa shape index (κ1) is 104. The fraction of sp³-hybridized carbons (Fsp3) is 0.764. The molecule has 0 aromatic heterocycles. The molecule has 700 valence electrons. The summed E-state index contributed by atoms with van der Waals surface area (Å²) in [6.07, 6.45) is 48.6. The highest BCUT2D eigenvalue weighted by atomic mass is 16.6. The maximum absolute atomic E-state index is 12.5. The van der Waals surface area contributed by atoms with Gasteiger partial charge in [-0.2, -0.15) is 0 Å². The summed E-state index contributed by atoms with van der Waals surface area (Å²) in [6.45, 7) is 37.8. The molecule has 3 aromatic carbocycles. The van der Waals surface area contributed by atoms with E-state index in [1.807, 2.05) is 111 Å². The average Bonchev–Trinajstić information content (AvgIpc) is 0.731. The summed E-state index contributed by atoms with van der Waals surface area (Å²) in [5.41, 5.74) is 2.07. The van der Waals surface area contributed by atoms with Gasteiger partial charge in [0.05, 0.1) is 0 Å². The summed E-state index contributed by atoms with van der Waals surface area (Å²) < 4.78 is 39.9. The van der Waals surface area contributed by atoms with Gasteiger partial charge in [0.2, 0.25) is 0 Å². The Morgan fingerprint density at radius 1 is 0.371 bits per heavy atom. The van der Waals surface area contributed by atoms with Crippen molar-refractivity contribution in [1.82, 2.24) is 19.6 Å². The lowest BCUT2D eigenvalue weighted by atomic mass is 9.50. The summed E-state index contributed by atoms with van der Waals surface area (Å²) in [4.78, 5) is 91.3. The summed E-state index contributed by atoms with van der Waals surface area (Å²) in [7, 11) is 0. The van der Waals surface area contributed by atoms with E-state index < -0.39 is 0 Å². The van der Waals surface area contributed by atoms with Crippen molar-refractivity contribution in [1.29, 1.82) is 0 Å². The molecule has 4 bridgehead atoms. The van der Waals surface area contributed by atoms with Crippen molar-refractivity contribution in [3.8, 4) is 0 Å². The molecule has 4 aliphatic heterocycles. The summed E-state index contributed by atoms with van der Waals surface area (Å²) in [6, 6.07) is 30.9. The lowest BCUT2D eigenvalue weighted by molar-refractivity contribution is -0.170. The fourth-order valence-corrected chi connectivity index (χ4v) is 20.2. The van der Waals surface area contributed by atoms with Gasteiger partial charge in [-0.25, -0.2) is 19.2 Å². The van der Waals surface area contributed by atoms with Crippen LogP contribution in [0.15, 0.2) is 91.0 Å². The van der Waals surface area contributed by atoms with Gasteiger partial charge in [-0.3, -0.25) is 14.4 Å². The number of carbonyl (C=O) groups excluding carboxylic acids is 7. The minimum atomic E-state index is -0.367. The lowest BCUT2D eigenvalue weighted by Gasteiger charge is -2.59.